The van der Waals surface area contributed by atoms with Crippen molar-refractivity contribution in [3.8, 4) is 0 Å². The van der Waals surface area contributed by atoms with Gasteiger partial charge in [0.05, 0.1) is 12.6 Å². The Balaban J connectivity index is 2.42. The second kappa shape index (κ2) is 7.36. The van der Waals surface area contributed by atoms with Crippen LogP contribution in [0.25, 0.3) is 0 Å². The van der Waals surface area contributed by atoms with E-state index in [1.54, 1.807) is 7.05 Å². The lowest BCUT2D eigenvalue weighted by Crippen LogP contribution is -2.52. The largest absolute Gasteiger partial charge is 0.355 e. The highest BCUT2D eigenvalue weighted by Gasteiger charge is 2.30. The number of carbonyl (C=O) groups excluding carboxylic acids is 2. The summed E-state index contributed by atoms with van der Waals surface area (Å²) < 4.78 is 0. The standard InChI is InChI=1S/C13H25N3O2/c1-4-7-14-11(17)9-16(3)13(18)12-10(2)6-5-8-15-12/h10,12,15H,4-9H2,1-3H3,(H,14,17). The smallest absolute Gasteiger partial charge is 0.240 e. The first kappa shape index (κ1) is 15.0. The Labute approximate surface area is 109 Å². The third kappa shape index (κ3) is 4.29. The van der Waals surface area contributed by atoms with Crippen molar-refractivity contribution in [2.45, 2.75) is 39.2 Å². The van der Waals surface area contributed by atoms with Gasteiger partial charge in [-0.15, -0.1) is 0 Å². The molecule has 1 aliphatic rings. The lowest BCUT2D eigenvalue weighted by Gasteiger charge is -2.32. The van der Waals surface area contributed by atoms with Crippen LogP contribution in [0, 0.1) is 5.92 Å². The van der Waals surface area contributed by atoms with E-state index in [0.29, 0.717) is 12.5 Å². The maximum absolute atomic E-state index is 12.2. The summed E-state index contributed by atoms with van der Waals surface area (Å²) in [7, 11) is 1.69. The van der Waals surface area contributed by atoms with E-state index in [4.69, 9.17) is 0 Å². The van der Waals surface area contributed by atoms with E-state index in [1.165, 1.54) is 4.90 Å². The average Bonchev–Trinajstić information content (AvgIpc) is 2.36. The van der Waals surface area contributed by atoms with Gasteiger partial charge < -0.3 is 15.5 Å². The van der Waals surface area contributed by atoms with Crippen LogP contribution in [0.2, 0.25) is 0 Å². The zero-order valence-corrected chi connectivity index (χ0v) is 11.7. The highest BCUT2D eigenvalue weighted by molar-refractivity contribution is 5.87. The average molecular weight is 255 g/mol. The van der Waals surface area contributed by atoms with Crippen LogP contribution in [-0.4, -0.2) is 49.4 Å². The minimum atomic E-state index is -0.136. The summed E-state index contributed by atoms with van der Waals surface area (Å²) in [4.78, 5) is 25.3. The molecule has 1 fully saturated rings. The van der Waals surface area contributed by atoms with Gasteiger partial charge in [0.25, 0.3) is 0 Å². The molecule has 2 unspecified atom stereocenters. The van der Waals surface area contributed by atoms with Gasteiger partial charge in [-0.3, -0.25) is 9.59 Å². The lowest BCUT2D eigenvalue weighted by atomic mass is 9.92. The minimum absolute atomic E-state index is 0.0221. The summed E-state index contributed by atoms with van der Waals surface area (Å²) in [6.07, 6.45) is 3.09. The third-order valence-corrected chi connectivity index (χ3v) is 3.36. The summed E-state index contributed by atoms with van der Waals surface area (Å²) in [5, 5.41) is 6.02. The Morgan fingerprint density at radius 2 is 2.17 bits per heavy atom. The van der Waals surface area contributed by atoms with Gasteiger partial charge in [0, 0.05) is 13.6 Å². The van der Waals surface area contributed by atoms with E-state index >= 15 is 0 Å². The molecule has 0 aromatic carbocycles. The van der Waals surface area contributed by atoms with Gasteiger partial charge in [-0.25, -0.2) is 0 Å². The van der Waals surface area contributed by atoms with Gasteiger partial charge in [-0.05, 0) is 31.7 Å². The molecule has 2 amide bonds. The van der Waals surface area contributed by atoms with Crippen LogP contribution in [0.4, 0.5) is 0 Å². The number of amides is 2. The van der Waals surface area contributed by atoms with E-state index < -0.39 is 0 Å². The fraction of sp³-hybridized carbons (Fsp3) is 0.846. The fourth-order valence-electron chi connectivity index (χ4n) is 2.23. The van der Waals surface area contributed by atoms with E-state index in [0.717, 1.165) is 25.8 Å². The molecule has 5 nitrogen and oxygen atoms in total. The Bertz CT molecular complexity index is 294. The molecule has 1 heterocycles. The van der Waals surface area contributed by atoms with Gasteiger partial charge in [-0.1, -0.05) is 13.8 Å². The fourth-order valence-corrected chi connectivity index (χ4v) is 2.23. The molecule has 18 heavy (non-hydrogen) atoms. The third-order valence-electron chi connectivity index (χ3n) is 3.36. The summed E-state index contributed by atoms with van der Waals surface area (Å²) in [6, 6.07) is -0.136. The van der Waals surface area contributed by atoms with E-state index in [9.17, 15) is 9.59 Å². The summed E-state index contributed by atoms with van der Waals surface area (Å²) in [5.74, 6) is 0.275. The Morgan fingerprint density at radius 3 is 2.78 bits per heavy atom. The molecule has 2 N–H and O–H groups in total. The highest BCUT2D eigenvalue weighted by Crippen LogP contribution is 2.16. The van der Waals surface area contributed by atoms with Gasteiger partial charge in [-0.2, -0.15) is 0 Å². The van der Waals surface area contributed by atoms with Gasteiger partial charge >= 0.3 is 0 Å². The number of nitrogens with one attached hydrogen (secondary N) is 2. The maximum Gasteiger partial charge on any atom is 0.240 e. The molecule has 0 spiro atoms. The molecule has 0 bridgehead atoms. The van der Waals surface area contributed by atoms with Crippen LogP contribution in [0.5, 0.6) is 0 Å². The number of piperidine rings is 1. The molecule has 1 rings (SSSR count). The van der Waals surface area contributed by atoms with Crippen molar-refractivity contribution in [2.24, 2.45) is 5.92 Å². The van der Waals surface area contributed by atoms with Crippen LogP contribution in [-0.2, 0) is 9.59 Å². The molecular formula is C13H25N3O2. The van der Waals surface area contributed by atoms with Gasteiger partial charge in [0.2, 0.25) is 11.8 Å². The first-order valence-electron chi connectivity index (χ1n) is 6.81. The van der Waals surface area contributed by atoms with Crippen molar-refractivity contribution < 1.29 is 9.59 Å². The highest BCUT2D eigenvalue weighted by atomic mass is 16.2. The van der Waals surface area contributed by atoms with E-state index in [2.05, 4.69) is 17.6 Å². The monoisotopic (exact) mass is 255 g/mol. The molecule has 0 saturated carbocycles. The van der Waals surface area contributed by atoms with Gasteiger partial charge in [0.1, 0.15) is 0 Å². The van der Waals surface area contributed by atoms with Crippen LogP contribution in [0.15, 0.2) is 0 Å². The topological polar surface area (TPSA) is 61.4 Å². The number of hydrogen-bond donors (Lipinski definition) is 2. The molecule has 1 saturated heterocycles. The molecule has 1 aliphatic heterocycles. The van der Waals surface area contributed by atoms with Crippen LogP contribution in [0.1, 0.15) is 33.1 Å². The molecule has 5 heteroatoms. The minimum Gasteiger partial charge on any atom is -0.355 e. The molecule has 2 atom stereocenters. The normalized spacial score (nSPS) is 23.5. The second-order valence-corrected chi connectivity index (χ2v) is 5.10. The SMILES string of the molecule is CCCNC(=O)CN(C)C(=O)C1NCCCC1C. The van der Waals surface area contributed by atoms with E-state index in [-0.39, 0.29) is 24.4 Å². The van der Waals surface area contributed by atoms with E-state index in [1.807, 2.05) is 6.92 Å². The maximum atomic E-state index is 12.2. The Kier molecular flexibility index (Phi) is 6.12. The van der Waals surface area contributed by atoms with Gasteiger partial charge in [0.15, 0.2) is 0 Å². The zero-order valence-electron chi connectivity index (χ0n) is 11.7. The number of likely N-dealkylation sites (N-methyl/N-ethyl adjacent to an activating group) is 1. The number of carbonyl (C=O) groups is 2. The zero-order chi connectivity index (χ0) is 13.5. The summed E-state index contributed by atoms with van der Waals surface area (Å²) >= 11 is 0. The quantitative estimate of drug-likeness (QED) is 0.745. The van der Waals surface area contributed by atoms with Crippen molar-refractivity contribution >= 4 is 11.8 Å². The van der Waals surface area contributed by atoms with Crippen molar-refractivity contribution in [1.29, 1.82) is 0 Å². The Hall–Kier alpha value is -1.10. The first-order chi connectivity index (χ1) is 8.56. The second-order valence-electron chi connectivity index (χ2n) is 5.10. The van der Waals surface area contributed by atoms with Crippen molar-refractivity contribution in [3.05, 3.63) is 0 Å². The summed E-state index contributed by atoms with van der Waals surface area (Å²) in [6.45, 7) is 5.78. The molecule has 0 aromatic rings. The number of nitrogens with zero attached hydrogens (tertiary/aromatic N) is 1. The van der Waals surface area contributed by atoms with Crippen LogP contribution in [0.3, 0.4) is 0 Å². The molecule has 0 radical (unpaired) electrons. The predicted octanol–water partition coefficient (Wildman–Crippen LogP) is 0.359. The number of rotatable bonds is 5. The number of hydrogen-bond acceptors (Lipinski definition) is 3. The van der Waals surface area contributed by atoms with Crippen LogP contribution >= 0.6 is 0 Å². The van der Waals surface area contributed by atoms with Crippen molar-refractivity contribution in [1.82, 2.24) is 15.5 Å². The molecule has 0 aliphatic carbocycles. The van der Waals surface area contributed by atoms with Crippen LogP contribution < -0.4 is 10.6 Å². The molecule has 104 valence electrons. The van der Waals surface area contributed by atoms with Crippen molar-refractivity contribution in [3.63, 3.8) is 0 Å². The lowest BCUT2D eigenvalue weighted by molar-refractivity contribution is -0.137. The molecule has 0 aromatic heterocycles. The van der Waals surface area contributed by atoms with Crippen molar-refractivity contribution in [2.75, 3.05) is 26.7 Å². The Morgan fingerprint density at radius 1 is 1.44 bits per heavy atom. The first-order valence-corrected chi connectivity index (χ1v) is 6.81. The molecular weight excluding hydrogens is 230 g/mol. The summed E-state index contributed by atoms with van der Waals surface area (Å²) in [5.41, 5.74) is 0. The predicted molar refractivity (Wildman–Crippen MR) is 71.1 cm³/mol.